The summed E-state index contributed by atoms with van der Waals surface area (Å²) in [6, 6.07) is 15.5. The lowest BCUT2D eigenvalue weighted by molar-refractivity contribution is -0.117. The van der Waals surface area contributed by atoms with Crippen LogP contribution in [0.4, 0.5) is 5.69 Å². The summed E-state index contributed by atoms with van der Waals surface area (Å²) in [5, 5.41) is 2.94. The number of carbonyl (C=O) groups excluding carboxylic acids is 2. The van der Waals surface area contributed by atoms with Crippen molar-refractivity contribution in [3.05, 3.63) is 59.7 Å². The molecule has 2 aromatic carbocycles. The van der Waals surface area contributed by atoms with Crippen LogP contribution in [0.2, 0.25) is 0 Å². The molecule has 1 aliphatic carbocycles. The van der Waals surface area contributed by atoms with E-state index < -0.39 is 0 Å². The van der Waals surface area contributed by atoms with Crippen LogP contribution in [0.25, 0.3) is 0 Å². The molecule has 2 unspecified atom stereocenters. The van der Waals surface area contributed by atoms with E-state index >= 15 is 0 Å². The van der Waals surface area contributed by atoms with Crippen LogP contribution < -0.4 is 10.1 Å². The van der Waals surface area contributed by atoms with Gasteiger partial charge in [-0.15, -0.1) is 0 Å². The van der Waals surface area contributed by atoms with Gasteiger partial charge in [-0.05, 0) is 60.7 Å². The molecule has 2 aliphatic rings. The van der Waals surface area contributed by atoms with Crippen molar-refractivity contribution in [2.75, 3.05) is 45.2 Å². The van der Waals surface area contributed by atoms with Gasteiger partial charge in [0.25, 0.3) is 5.91 Å². The molecule has 2 atom stereocenters. The van der Waals surface area contributed by atoms with Gasteiger partial charge in [0.05, 0.1) is 7.11 Å². The monoisotopic (exact) mass is 421 g/mol. The van der Waals surface area contributed by atoms with Crippen LogP contribution in [0.3, 0.4) is 0 Å². The van der Waals surface area contributed by atoms with Crippen molar-refractivity contribution < 1.29 is 14.3 Å². The highest BCUT2D eigenvalue weighted by Crippen LogP contribution is 2.38. The molecule has 2 amide bonds. The number of benzene rings is 2. The van der Waals surface area contributed by atoms with Gasteiger partial charge in [-0.3, -0.25) is 14.5 Å². The molecule has 2 aromatic rings. The highest BCUT2D eigenvalue weighted by molar-refractivity contribution is 5.97. The van der Waals surface area contributed by atoms with Crippen LogP contribution >= 0.6 is 0 Å². The maximum Gasteiger partial charge on any atom is 0.253 e. The number of carbonyl (C=O) groups is 2. The average molecular weight is 422 g/mol. The maximum atomic E-state index is 12.8. The van der Waals surface area contributed by atoms with Crippen molar-refractivity contribution in [3.8, 4) is 5.75 Å². The molecule has 1 heterocycles. The SMILES string of the molecule is COc1ccc(CCN2CCN(C(=O)c3ccc(NC(=O)C4CC4C)cc3)CC2)cc1. The highest BCUT2D eigenvalue weighted by atomic mass is 16.5. The molecule has 0 aromatic heterocycles. The highest BCUT2D eigenvalue weighted by Gasteiger charge is 2.39. The Kier molecular flexibility index (Phi) is 6.56. The van der Waals surface area contributed by atoms with E-state index in [0.29, 0.717) is 11.5 Å². The smallest absolute Gasteiger partial charge is 0.253 e. The molecule has 4 rings (SSSR count). The fraction of sp³-hybridized carbons (Fsp3) is 0.440. The molecule has 2 fully saturated rings. The van der Waals surface area contributed by atoms with Gasteiger partial charge in [0, 0.05) is 49.9 Å². The first-order chi connectivity index (χ1) is 15.0. The van der Waals surface area contributed by atoms with Crippen LogP contribution in [0, 0.1) is 11.8 Å². The Morgan fingerprint density at radius 1 is 1.00 bits per heavy atom. The van der Waals surface area contributed by atoms with Gasteiger partial charge >= 0.3 is 0 Å². The van der Waals surface area contributed by atoms with E-state index in [0.717, 1.165) is 57.0 Å². The van der Waals surface area contributed by atoms with Crippen LogP contribution in [0.1, 0.15) is 29.3 Å². The molecule has 0 bridgehead atoms. The van der Waals surface area contributed by atoms with Gasteiger partial charge in [0.2, 0.25) is 5.91 Å². The second-order valence-corrected chi connectivity index (χ2v) is 8.62. The van der Waals surface area contributed by atoms with Gasteiger partial charge in [0.15, 0.2) is 0 Å². The summed E-state index contributed by atoms with van der Waals surface area (Å²) in [6.45, 7) is 6.32. The standard InChI is InChI=1S/C25H31N3O3/c1-18-17-23(18)24(29)26-21-7-5-20(6-8-21)25(30)28-15-13-27(14-16-28)12-11-19-3-9-22(31-2)10-4-19/h3-10,18,23H,11-17H2,1-2H3,(H,26,29). The minimum atomic E-state index is 0.0588. The van der Waals surface area contributed by atoms with Crippen LogP contribution in [-0.4, -0.2) is 61.4 Å². The third kappa shape index (κ3) is 5.44. The molecule has 1 aliphatic heterocycles. The van der Waals surface area contributed by atoms with Crippen LogP contribution in [0.15, 0.2) is 48.5 Å². The Balaban J connectivity index is 1.22. The topological polar surface area (TPSA) is 61.9 Å². The molecule has 31 heavy (non-hydrogen) atoms. The van der Waals surface area contributed by atoms with E-state index in [1.54, 1.807) is 7.11 Å². The first-order valence-corrected chi connectivity index (χ1v) is 11.1. The fourth-order valence-corrected chi connectivity index (χ4v) is 4.06. The Bertz CT molecular complexity index is 903. The second-order valence-electron chi connectivity index (χ2n) is 8.62. The minimum absolute atomic E-state index is 0.0588. The molecule has 1 saturated carbocycles. The number of nitrogens with one attached hydrogen (secondary N) is 1. The summed E-state index contributed by atoms with van der Waals surface area (Å²) < 4.78 is 5.21. The lowest BCUT2D eigenvalue weighted by atomic mass is 10.1. The number of methoxy groups -OCH3 is 1. The lowest BCUT2D eigenvalue weighted by Crippen LogP contribution is -2.49. The summed E-state index contributed by atoms with van der Waals surface area (Å²) in [6.07, 6.45) is 1.96. The number of nitrogens with zero attached hydrogens (tertiary/aromatic N) is 2. The number of hydrogen-bond acceptors (Lipinski definition) is 4. The first kappa shape index (κ1) is 21.4. The fourth-order valence-electron chi connectivity index (χ4n) is 4.06. The predicted octanol–water partition coefficient (Wildman–Crippen LogP) is 3.29. The Labute approximate surface area is 184 Å². The number of amides is 2. The number of rotatable bonds is 7. The van der Waals surface area contributed by atoms with Gasteiger partial charge in [-0.2, -0.15) is 0 Å². The molecule has 1 saturated heterocycles. The number of ether oxygens (including phenoxy) is 1. The summed E-state index contributed by atoms with van der Waals surface area (Å²) >= 11 is 0. The average Bonchev–Trinajstić information content (AvgIpc) is 3.55. The third-order valence-corrected chi connectivity index (χ3v) is 6.38. The molecule has 0 spiro atoms. The van der Waals surface area contributed by atoms with Crippen molar-refractivity contribution in [3.63, 3.8) is 0 Å². The molecule has 6 heteroatoms. The third-order valence-electron chi connectivity index (χ3n) is 6.38. The Hall–Kier alpha value is -2.86. The van der Waals surface area contributed by atoms with Gasteiger partial charge < -0.3 is 15.0 Å². The molecule has 0 radical (unpaired) electrons. The Morgan fingerprint density at radius 3 is 2.23 bits per heavy atom. The number of piperazine rings is 1. The van der Waals surface area contributed by atoms with Crippen LogP contribution in [0.5, 0.6) is 5.75 Å². The van der Waals surface area contributed by atoms with Crippen molar-refractivity contribution in [1.82, 2.24) is 9.80 Å². The van der Waals surface area contributed by atoms with E-state index in [1.165, 1.54) is 5.56 Å². The second kappa shape index (κ2) is 9.52. The van der Waals surface area contributed by atoms with Gasteiger partial charge in [-0.25, -0.2) is 0 Å². The maximum absolute atomic E-state index is 12.8. The molecule has 164 valence electrons. The predicted molar refractivity (Wildman–Crippen MR) is 121 cm³/mol. The van der Waals surface area contributed by atoms with Gasteiger partial charge in [-0.1, -0.05) is 19.1 Å². The van der Waals surface area contributed by atoms with E-state index in [1.807, 2.05) is 41.3 Å². The number of hydrogen-bond donors (Lipinski definition) is 1. The first-order valence-electron chi connectivity index (χ1n) is 11.1. The van der Waals surface area contributed by atoms with E-state index in [4.69, 9.17) is 4.74 Å². The lowest BCUT2D eigenvalue weighted by Gasteiger charge is -2.34. The quantitative estimate of drug-likeness (QED) is 0.745. The summed E-state index contributed by atoms with van der Waals surface area (Å²) in [5.74, 6) is 1.64. The zero-order chi connectivity index (χ0) is 21.8. The molecule has 6 nitrogen and oxygen atoms in total. The zero-order valence-corrected chi connectivity index (χ0v) is 18.3. The zero-order valence-electron chi connectivity index (χ0n) is 18.3. The van der Waals surface area contributed by atoms with E-state index in [2.05, 4.69) is 29.3 Å². The molecule has 1 N–H and O–H groups in total. The summed E-state index contributed by atoms with van der Waals surface area (Å²) in [4.78, 5) is 29.2. The minimum Gasteiger partial charge on any atom is -0.497 e. The number of anilines is 1. The summed E-state index contributed by atoms with van der Waals surface area (Å²) in [5.41, 5.74) is 2.72. The largest absolute Gasteiger partial charge is 0.497 e. The molecular weight excluding hydrogens is 390 g/mol. The van der Waals surface area contributed by atoms with Crippen LogP contribution in [-0.2, 0) is 11.2 Å². The van der Waals surface area contributed by atoms with Crippen molar-refractivity contribution >= 4 is 17.5 Å². The summed E-state index contributed by atoms with van der Waals surface area (Å²) in [7, 11) is 1.68. The molecular formula is C25H31N3O3. The van der Waals surface area contributed by atoms with E-state index in [-0.39, 0.29) is 17.7 Å². The van der Waals surface area contributed by atoms with Crippen molar-refractivity contribution in [1.29, 1.82) is 0 Å². The Morgan fingerprint density at radius 2 is 1.65 bits per heavy atom. The van der Waals surface area contributed by atoms with Crippen molar-refractivity contribution in [2.45, 2.75) is 19.8 Å². The van der Waals surface area contributed by atoms with Gasteiger partial charge in [0.1, 0.15) is 5.75 Å². The van der Waals surface area contributed by atoms with Crippen molar-refractivity contribution in [2.24, 2.45) is 11.8 Å². The van der Waals surface area contributed by atoms with E-state index in [9.17, 15) is 9.59 Å². The normalized spacial score (nSPS) is 20.9.